The third-order valence-corrected chi connectivity index (χ3v) is 3.63. The predicted molar refractivity (Wildman–Crippen MR) is 81.3 cm³/mol. The highest BCUT2D eigenvalue weighted by atomic mass is 19.2. The Balaban J connectivity index is 2.25. The Kier molecular flexibility index (Phi) is 5.26. The van der Waals surface area contributed by atoms with Gasteiger partial charge in [0.2, 0.25) is 11.6 Å². The average Bonchev–Trinajstić information content (AvgIpc) is 2.58. The summed E-state index contributed by atoms with van der Waals surface area (Å²) >= 11 is 0. The highest BCUT2D eigenvalue weighted by Crippen LogP contribution is 2.26. The fourth-order valence-electron chi connectivity index (χ4n) is 2.15. The van der Waals surface area contributed by atoms with Crippen LogP contribution >= 0.6 is 0 Å². The number of amides is 1. The van der Waals surface area contributed by atoms with Crippen molar-refractivity contribution in [3.05, 3.63) is 74.8 Å². The molecule has 1 unspecified atom stereocenters. The van der Waals surface area contributed by atoms with Crippen LogP contribution < -0.4 is 5.32 Å². The van der Waals surface area contributed by atoms with Crippen molar-refractivity contribution >= 4 is 11.6 Å². The highest BCUT2D eigenvalue weighted by Gasteiger charge is 2.30. The zero-order valence-corrected chi connectivity index (χ0v) is 13.2. The zero-order valence-electron chi connectivity index (χ0n) is 13.2. The zero-order chi connectivity index (χ0) is 19.6. The summed E-state index contributed by atoms with van der Waals surface area (Å²) in [6, 6.07) is 4.92. The molecule has 0 bridgehead atoms. The third-order valence-electron chi connectivity index (χ3n) is 3.63. The molecular formula is C16H12F4N2O4. The van der Waals surface area contributed by atoms with Gasteiger partial charge >= 0.3 is 5.69 Å². The average molecular weight is 372 g/mol. The number of hydrogen-bond donors (Lipinski definition) is 2. The Morgan fingerprint density at radius 2 is 1.73 bits per heavy atom. The first-order valence-electron chi connectivity index (χ1n) is 7.13. The van der Waals surface area contributed by atoms with Crippen molar-refractivity contribution in [3.8, 4) is 0 Å². The van der Waals surface area contributed by atoms with Crippen LogP contribution in [0.2, 0.25) is 0 Å². The number of benzene rings is 2. The molecule has 0 aliphatic carbocycles. The van der Waals surface area contributed by atoms with Crippen LogP contribution in [0, 0.1) is 33.4 Å². The van der Waals surface area contributed by atoms with E-state index in [4.69, 9.17) is 0 Å². The van der Waals surface area contributed by atoms with Gasteiger partial charge < -0.3 is 10.4 Å². The monoisotopic (exact) mass is 372 g/mol. The Hall–Kier alpha value is -3.01. The number of nitrogens with zero attached hydrogens (tertiary/aromatic N) is 1. The van der Waals surface area contributed by atoms with Crippen LogP contribution in [0.4, 0.5) is 23.2 Å². The number of nitrogens with one attached hydrogen (secondary N) is 1. The third kappa shape index (κ3) is 3.80. The van der Waals surface area contributed by atoms with Crippen LogP contribution in [0.3, 0.4) is 0 Å². The lowest BCUT2D eigenvalue weighted by Crippen LogP contribution is -2.39. The van der Waals surface area contributed by atoms with Crippen molar-refractivity contribution in [1.82, 2.24) is 5.32 Å². The molecule has 0 saturated heterocycles. The molecule has 0 spiro atoms. The summed E-state index contributed by atoms with van der Waals surface area (Å²) in [6.07, 6.45) is 0. The van der Waals surface area contributed by atoms with Gasteiger partial charge in [0.15, 0.2) is 5.82 Å². The fraction of sp³-hybridized carbons (Fsp3) is 0.188. The molecule has 0 radical (unpaired) electrons. The van der Waals surface area contributed by atoms with Gasteiger partial charge in [-0.25, -0.2) is 13.2 Å². The fourth-order valence-corrected chi connectivity index (χ4v) is 2.15. The number of aliphatic hydroxyl groups is 1. The quantitative estimate of drug-likeness (QED) is 0.365. The molecule has 0 aliphatic heterocycles. The van der Waals surface area contributed by atoms with Crippen LogP contribution in [0.25, 0.3) is 0 Å². The molecule has 2 rings (SSSR count). The van der Waals surface area contributed by atoms with Crippen molar-refractivity contribution in [2.24, 2.45) is 0 Å². The lowest BCUT2D eigenvalue weighted by Gasteiger charge is -2.24. The first-order chi connectivity index (χ1) is 12.0. The smallest absolute Gasteiger partial charge is 0.308 e. The second-order valence-electron chi connectivity index (χ2n) is 5.61. The van der Waals surface area contributed by atoms with E-state index >= 15 is 0 Å². The van der Waals surface area contributed by atoms with Gasteiger partial charge in [-0.2, -0.15) is 4.39 Å². The number of hydrogen-bond acceptors (Lipinski definition) is 4. The minimum Gasteiger partial charge on any atom is -0.384 e. The van der Waals surface area contributed by atoms with Gasteiger partial charge in [0.1, 0.15) is 11.4 Å². The number of carbonyl (C=O) groups is 1. The predicted octanol–water partition coefficient (Wildman–Crippen LogP) is 2.79. The lowest BCUT2D eigenvalue weighted by atomic mass is 9.96. The van der Waals surface area contributed by atoms with E-state index in [-0.39, 0.29) is 11.6 Å². The molecule has 1 amide bonds. The Morgan fingerprint density at radius 1 is 1.15 bits per heavy atom. The van der Waals surface area contributed by atoms with E-state index in [0.717, 1.165) is 12.1 Å². The first-order valence-corrected chi connectivity index (χ1v) is 7.13. The maximum atomic E-state index is 13.7. The normalized spacial score (nSPS) is 13.2. The van der Waals surface area contributed by atoms with Crippen LogP contribution in [0.1, 0.15) is 22.8 Å². The minimum atomic E-state index is -2.16. The van der Waals surface area contributed by atoms with Crippen molar-refractivity contribution in [1.29, 1.82) is 0 Å². The summed E-state index contributed by atoms with van der Waals surface area (Å²) in [5.41, 5.74) is -3.98. The minimum absolute atomic E-state index is 0.218. The van der Waals surface area contributed by atoms with Crippen LogP contribution in [0.15, 0.2) is 30.3 Å². The van der Waals surface area contributed by atoms with Gasteiger partial charge in [-0.05, 0) is 24.6 Å². The molecule has 2 aromatic rings. The molecule has 26 heavy (non-hydrogen) atoms. The number of nitro benzene ring substituents is 1. The van der Waals surface area contributed by atoms with Crippen molar-refractivity contribution in [2.75, 3.05) is 6.54 Å². The second-order valence-corrected chi connectivity index (χ2v) is 5.61. The molecule has 1 atom stereocenters. The van der Waals surface area contributed by atoms with E-state index in [0.29, 0.717) is 0 Å². The van der Waals surface area contributed by atoms with E-state index in [2.05, 4.69) is 5.32 Å². The number of carbonyl (C=O) groups excluding carboxylic acids is 1. The molecule has 2 N–H and O–H groups in total. The Morgan fingerprint density at radius 3 is 2.27 bits per heavy atom. The van der Waals surface area contributed by atoms with Gasteiger partial charge in [-0.1, -0.05) is 12.1 Å². The second kappa shape index (κ2) is 7.08. The maximum Gasteiger partial charge on any atom is 0.308 e. The van der Waals surface area contributed by atoms with Crippen molar-refractivity contribution in [2.45, 2.75) is 12.5 Å². The molecule has 138 valence electrons. The summed E-state index contributed by atoms with van der Waals surface area (Å²) in [6.45, 7) is 0.758. The van der Waals surface area contributed by atoms with Crippen LogP contribution in [-0.2, 0) is 5.60 Å². The molecule has 0 fully saturated rings. The van der Waals surface area contributed by atoms with Gasteiger partial charge in [0.05, 0.1) is 17.0 Å². The molecule has 0 aromatic heterocycles. The van der Waals surface area contributed by atoms with Gasteiger partial charge in [-0.3, -0.25) is 14.9 Å². The molecule has 2 aromatic carbocycles. The Bertz CT molecular complexity index is 870. The van der Waals surface area contributed by atoms with E-state index < -0.39 is 57.5 Å². The van der Waals surface area contributed by atoms with E-state index in [1.165, 1.54) is 19.1 Å². The number of nitro groups is 1. The van der Waals surface area contributed by atoms with Gasteiger partial charge in [0.25, 0.3) is 5.91 Å². The molecule has 0 aliphatic rings. The summed E-state index contributed by atoms with van der Waals surface area (Å²) in [7, 11) is 0. The first kappa shape index (κ1) is 19.3. The largest absolute Gasteiger partial charge is 0.384 e. The molecule has 6 nitrogen and oxygen atoms in total. The molecule has 10 heteroatoms. The van der Waals surface area contributed by atoms with Crippen LogP contribution in [0.5, 0.6) is 0 Å². The molecular weight excluding hydrogens is 360 g/mol. The summed E-state index contributed by atoms with van der Waals surface area (Å²) < 4.78 is 53.4. The summed E-state index contributed by atoms with van der Waals surface area (Å²) in [5.74, 6) is -7.93. The SMILES string of the molecule is CC(O)(CNC(=O)c1cc([N+](=O)[O-])c(F)c(F)c1F)c1ccc(F)cc1. The topological polar surface area (TPSA) is 92.5 Å². The molecule has 0 saturated carbocycles. The summed E-state index contributed by atoms with van der Waals surface area (Å²) in [5, 5.41) is 23.0. The Labute approximate surface area is 144 Å². The highest BCUT2D eigenvalue weighted by molar-refractivity contribution is 5.95. The number of rotatable bonds is 5. The summed E-state index contributed by atoms with van der Waals surface area (Å²) in [4.78, 5) is 21.4. The number of halogens is 4. The van der Waals surface area contributed by atoms with Gasteiger partial charge in [0, 0.05) is 6.07 Å². The molecule has 0 heterocycles. The van der Waals surface area contributed by atoms with Crippen LogP contribution in [-0.4, -0.2) is 22.5 Å². The van der Waals surface area contributed by atoms with E-state index in [1.807, 2.05) is 0 Å². The van der Waals surface area contributed by atoms with Crippen molar-refractivity contribution in [3.63, 3.8) is 0 Å². The lowest BCUT2D eigenvalue weighted by molar-refractivity contribution is -0.387. The maximum absolute atomic E-state index is 13.7. The standard InChI is InChI=1S/C16H12F4N2O4/c1-16(24,8-2-4-9(17)5-3-8)7-21-15(23)10-6-11(22(25)26)13(19)14(20)12(10)18/h2-6,24H,7H2,1H3,(H,21,23). The van der Waals surface area contributed by atoms with E-state index in [9.17, 15) is 37.6 Å². The van der Waals surface area contributed by atoms with Gasteiger partial charge in [-0.15, -0.1) is 0 Å². The van der Waals surface area contributed by atoms with Crippen molar-refractivity contribution < 1.29 is 32.4 Å². The van der Waals surface area contributed by atoms with E-state index in [1.54, 1.807) is 0 Å².